The third kappa shape index (κ3) is 5.17. The van der Waals surface area contributed by atoms with Crippen LogP contribution >= 0.6 is 0 Å². The van der Waals surface area contributed by atoms with Crippen molar-refractivity contribution < 1.29 is 9.53 Å². The van der Waals surface area contributed by atoms with Crippen LogP contribution in [0, 0.1) is 5.92 Å². The Labute approximate surface area is 92.6 Å². The Morgan fingerprint density at radius 2 is 2.00 bits per heavy atom. The SMILES string of the molecule is CCCCCCNC(=O)C1CCOCC1. The van der Waals surface area contributed by atoms with Gasteiger partial charge in [-0.1, -0.05) is 26.2 Å². The summed E-state index contributed by atoms with van der Waals surface area (Å²) < 4.78 is 5.23. The maximum Gasteiger partial charge on any atom is 0.223 e. The molecule has 0 spiro atoms. The molecule has 1 aliphatic heterocycles. The summed E-state index contributed by atoms with van der Waals surface area (Å²) in [5.74, 6) is 0.430. The van der Waals surface area contributed by atoms with Gasteiger partial charge in [-0.25, -0.2) is 0 Å². The number of nitrogens with one attached hydrogen (secondary N) is 1. The number of ether oxygens (including phenoxy) is 1. The fourth-order valence-electron chi connectivity index (χ4n) is 1.87. The molecule has 0 aromatic carbocycles. The molecular formula is C12H23NO2. The first kappa shape index (κ1) is 12.5. The normalized spacial score (nSPS) is 17.7. The summed E-state index contributed by atoms with van der Waals surface area (Å²) in [5.41, 5.74) is 0. The number of carbonyl (C=O) groups excluding carboxylic acids is 1. The van der Waals surface area contributed by atoms with E-state index in [-0.39, 0.29) is 11.8 Å². The fraction of sp³-hybridized carbons (Fsp3) is 0.917. The van der Waals surface area contributed by atoms with E-state index < -0.39 is 0 Å². The molecule has 0 saturated carbocycles. The summed E-state index contributed by atoms with van der Waals surface area (Å²) in [4.78, 5) is 11.7. The van der Waals surface area contributed by atoms with Gasteiger partial charge in [-0.05, 0) is 19.3 Å². The predicted octanol–water partition coefficient (Wildman–Crippen LogP) is 2.11. The minimum Gasteiger partial charge on any atom is -0.381 e. The molecule has 0 aromatic rings. The zero-order valence-corrected chi connectivity index (χ0v) is 9.76. The lowest BCUT2D eigenvalue weighted by molar-refractivity contribution is -0.127. The second kappa shape index (κ2) is 7.69. The zero-order chi connectivity index (χ0) is 10.9. The molecule has 1 heterocycles. The molecule has 1 aliphatic rings. The fourth-order valence-corrected chi connectivity index (χ4v) is 1.87. The lowest BCUT2D eigenvalue weighted by atomic mass is 9.99. The summed E-state index contributed by atoms with van der Waals surface area (Å²) in [6.07, 6.45) is 6.63. The predicted molar refractivity (Wildman–Crippen MR) is 60.7 cm³/mol. The van der Waals surface area contributed by atoms with E-state index in [0.717, 1.165) is 39.0 Å². The zero-order valence-electron chi connectivity index (χ0n) is 9.76. The standard InChI is InChI=1S/C12H23NO2/c1-2-3-4-5-8-13-12(14)11-6-9-15-10-7-11/h11H,2-10H2,1H3,(H,13,14). The van der Waals surface area contributed by atoms with Gasteiger partial charge in [0.2, 0.25) is 5.91 Å². The molecular weight excluding hydrogens is 190 g/mol. The molecule has 15 heavy (non-hydrogen) atoms. The van der Waals surface area contributed by atoms with Crippen LogP contribution in [0.1, 0.15) is 45.4 Å². The van der Waals surface area contributed by atoms with Crippen LogP contribution in [-0.4, -0.2) is 25.7 Å². The molecule has 0 bridgehead atoms. The van der Waals surface area contributed by atoms with E-state index in [2.05, 4.69) is 12.2 Å². The van der Waals surface area contributed by atoms with Crippen LogP contribution in [0.2, 0.25) is 0 Å². The van der Waals surface area contributed by atoms with Crippen molar-refractivity contribution in [1.29, 1.82) is 0 Å². The quantitative estimate of drug-likeness (QED) is 0.686. The highest BCUT2D eigenvalue weighted by molar-refractivity contribution is 5.78. The van der Waals surface area contributed by atoms with Crippen molar-refractivity contribution in [2.45, 2.75) is 45.4 Å². The number of unbranched alkanes of at least 4 members (excludes halogenated alkanes) is 3. The summed E-state index contributed by atoms with van der Waals surface area (Å²) in [6.45, 7) is 4.53. The molecule has 1 rings (SSSR count). The van der Waals surface area contributed by atoms with Crippen molar-refractivity contribution in [1.82, 2.24) is 5.32 Å². The highest BCUT2D eigenvalue weighted by atomic mass is 16.5. The molecule has 1 fully saturated rings. The number of carbonyl (C=O) groups is 1. The van der Waals surface area contributed by atoms with Crippen molar-refractivity contribution >= 4 is 5.91 Å². The van der Waals surface area contributed by atoms with Crippen LogP contribution in [0.15, 0.2) is 0 Å². The van der Waals surface area contributed by atoms with Crippen molar-refractivity contribution in [2.24, 2.45) is 5.92 Å². The molecule has 0 aliphatic carbocycles. The smallest absolute Gasteiger partial charge is 0.223 e. The van der Waals surface area contributed by atoms with Crippen LogP contribution in [0.5, 0.6) is 0 Å². The summed E-state index contributed by atoms with van der Waals surface area (Å²) >= 11 is 0. The second-order valence-corrected chi connectivity index (χ2v) is 4.24. The first-order valence-corrected chi connectivity index (χ1v) is 6.20. The lowest BCUT2D eigenvalue weighted by Gasteiger charge is -2.21. The van der Waals surface area contributed by atoms with Gasteiger partial charge >= 0.3 is 0 Å². The minimum atomic E-state index is 0.199. The molecule has 3 nitrogen and oxygen atoms in total. The Hall–Kier alpha value is -0.570. The van der Waals surface area contributed by atoms with Crippen LogP contribution in [0.25, 0.3) is 0 Å². The Kier molecular flexibility index (Phi) is 6.41. The van der Waals surface area contributed by atoms with Crippen LogP contribution in [-0.2, 0) is 9.53 Å². The molecule has 1 saturated heterocycles. The first-order valence-electron chi connectivity index (χ1n) is 6.20. The molecule has 88 valence electrons. The molecule has 0 radical (unpaired) electrons. The van der Waals surface area contributed by atoms with Crippen molar-refractivity contribution in [3.05, 3.63) is 0 Å². The van der Waals surface area contributed by atoms with Crippen LogP contribution < -0.4 is 5.32 Å². The Balaban J connectivity index is 2.02. The van der Waals surface area contributed by atoms with E-state index in [4.69, 9.17) is 4.74 Å². The molecule has 0 unspecified atom stereocenters. The topological polar surface area (TPSA) is 38.3 Å². The van der Waals surface area contributed by atoms with Crippen molar-refractivity contribution in [3.8, 4) is 0 Å². The summed E-state index contributed by atoms with van der Waals surface area (Å²) in [7, 11) is 0. The van der Waals surface area contributed by atoms with E-state index in [1.807, 2.05) is 0 Å². The number of amides is 1. The molecule has 0 atom stereocenters. The van der Waals surface area contributed by atoms with E-state index >= 15 is 0 Å². The van der Waals surface area contributed by atoms with Gasteiger partial charge in [0, 0.05) is 25.7 Å². The number of hydrogen-bond donors (Lipinski definition) is 1. The largest absolute Gasteiger partial charge is 0.381 e. The van der Waals surface area contributed by atoms with Gasteiger partial charge in [-0.15, -0.1) is 0 Å². The van der Waals surface area contributed by atoms with Gasteiger partial charge in [-0.2, -0.15) is 0 Å². The average Bonchev–Trinajstić information content (AvgIpc) is 2.30. The Bertz CT molecular complexity index is 176. The molecule has 1 amide bonds. The van der Waals surface area contributed by atoms with Gasteiger partial charge in [-0.3, -0.25) is 4.79 Å². The van der Waals surface area contributed by atoms with Gasteiger partial charge in [0.1, 0.15) is 0 Å². The number of hydrogen-bond acceptors (Lipinski definition) is 2. The second-order valence-electron chi connectivity index (χ2n) is 4.24. The van der Waals surface area contributed by atoms with E-state index in [9.17, 15) is 4.79 Å². The van der Waals surface area contributed by atoms with E-state index in [0.29, 0.717) is 0 Å². The van der Waals surface area contributed by atoms with Crippen LogP contribution in [0.4, 0.5) is 0 Å². The van der Waals surface area contributed by atoms with E-state index in [1.165, 1.54) is 19.3 Å². The summed E-state index contributed by atoms with van der Waals surface area (Å²) in [5, 5.41) is 3.02. The van der Waals surface area contributed by atoms with Gasteiger partial charge in [0.05, 0.1) is 0 Å². The van der Waals surface area contributed by atoms with Gasteiger partial charge in [0.25, 0.3) is 0 Å². The summed E-state index contributed by atoms with van der Waals surface area (Å²) in [6, 6.07) is 0. The minimum absolute atomic E-state index is 0.199. The highest BCUT2D eigenvalue weighted by Gasteiger charge is 2.20. The third-order valence-corrected chi connectivity index (χ3v) is 2.92. The maximum atomic E-state index is 11.7. The molecule has 0 aromatic heterocycles. The van der Waals surface area contributed by atoms with Crippen molar-refractivity contribution in [2.75, 3.05) is 19.8 Å². The van der Waals surface area contributed by atoms with E-state index in [1.54, 1.807) is 0 Å². The lowest BCUT2D eigenvalue weighted by Crippen LogP contribution is -2.34. The average molecular weight is 213 g/mol. The Morgan fingerprint density at radius 1 is 1.27 bits per heavy atom. The third-order valence-electron chi connectivity index (χ3n) is 2.92. The number of rotatable bonds is 6. The highest BCUT2D eigenvalue weighted by Crippen LogP contribution is 2.14. The maximum absolute atomic E-state index is 11.7. The molecule has 3 heteroatoms. The molecule has 1 N–H and O–H groups in total. The van der Waals surface area contributed by atoms with Crippen LogP contribution in [0.3, 0.4) is 0 Å². The van der Waals surface area contributed by atoms with Crippen molar-refractivity contribution in [3.63, 3.8) is 0 Å². The van der Waals surface area contributed by atoms with Gasteiger partial charge < -0.3 is 10.1 Å². The Morgan fingerprint density at radius 3 is 2.67 bits per heavy atom. The first-order chi connectivity index (χ1) is 7.34. The van der Waals surface area contributed by atoms with Gasteiger partial charge in [0.15, 0.2) is 0 Å². The monoisotopic (exact) mass is 213 g/mol.